The van der Waals surface area contributed by atoms with Gasteiger partial charge in [-0.05, 0) is 18.9 Å². The van der Waals surface area contributed by atoms with E-state index in [4.69, 9.17) is 0 Å². The maximum Gasteiger partial charge on any atom is 0.244 e. The third kappa shape index (κ3) is 4.73. The molecule has 0 atom stereocenters. The minimum absolute atomic E-state index is 0.0679. The van der Waals surface area contributed by atoms with E-state index in [0.717, 1.165) is 24.1 Å². The van der Waals surface area contributed by atoms with Crippen molar-refractivity contribution in [3.05, 3.63) is 35.9 Å². The summed E-state index contributed by atoms with van der Waals surface area (Å²) in [5.41, 5.74) is 4.53. The summed E-state index contributed by atoms with van der Waals surface area (Å²) in [5, 5.41) is 4.03. The Balaban J connectivity index is 2.40. The Kier molecular flexibility index (Phi) is 5.26. The molecule has 1 aromatic rings. The Morgan fingerprint density at radius 3 is 2.62 bits per heavy atom. The summed E-state index contributed by atoms with van der Waals surface area (Å²) in [7, 11) is 0. The zero-order valence-electron chi connectivity index (χ0n) is 9.86. The van der Waals surface area contributed by atoms with E-state index in [9.17, 15) is 4.79 Å². The van der Waals surface area contributed by atoms with Gasteiger partial charge in [-0.2, -0.15) is 5.10 Å². The van der Waals surface area contributed by atoms with Gasteiger partial charge in [-0.3, -0.25) is 4.79 Å². The summed E-state index contributed by atoms with van der Waals surface area (Å²) in [5.74, 6) is -0.0679. The molecule has 0 fully saturated rings. The zero-order valence-corrected chi connectivity index (χ0v) is 9.86. The van der Waals surface area contributed by atoms with Crippen LogP contribution in [0.3, 0.4) is 0 Å². The number of nitrogens with one attached hydrogen (secondary N) is 1. The maximum absolute atomic E-state index is 11.5. The van der Waals surface area contributed by atoms with E-state index >= 15 is 0 Å². The van der Waals surface area contributed by atoms with Gasteiger partial charge in [-0.15, -0.1) is 0 Å². The van der Waals surface area contributed by atoms with Gasteiger partial charge in [-0.25, -0.2) is 5.43 Å². The Hall–Kier alpha value is -1.64. The molecule has 0 aromatic heterocycles. The number of hydrazone groups is 1. The average molecular weight is 218 g/mol. The van der Waals surface area contributed by atoms with Gasteiger partial charge in [0.15, 0.2) is 0 Å². The molecule has 0 heterocycles. The molecule has 0 unspecified atom stereocenters. The van der Waals surface area contributed by atoms with Crippen LogP contribution in [0.5, 0.6) is 0 Å². The number of nitrogens with zero attached hydrogens (tertiary/aromatic N) is 1. The summed E-state index contributed by atoms with van der Waals surface area (Å²) in [4.78, 5) is 11.5. The molecule has 1 aromatic carbocycles. The lowest BCUT2D eigenvalue weighted by atomic mass is 10.1. The number of amides is 1. The predicted molar refractivity (Wildman–Crippen MR) is 66.3 cm³/mol. The van der Waals surface area contributed by atoms with E-state index in [0.29, 0.717) is 6.42 Å². The van der Waals surface area contributed by atoms with Crippen molar-refractivity contribution in [3.8, 4) is 0 Å². The fourth-order valence-corrected chi connectivity index (χ4v) is 1.40. The first-order chi connectivity index (χ1) is 7.72. The van der Waals surface area contributed by atoms with Gasteiger partial charge in [-0.1, -0.05) is 43.7 Å². The number of carbonyl (C=O) groups excluding carboxylic acids is 1. The zero-order chi connectivity index (χ0) is 11.8. The van der Waals surface area contributed by atoms with Gasteiger partial charge in [0.1, 0.15) is 0 Å². The van der Waals surface area contributed by atoms with Crippen molar-refractivity contribution in [1.82, 2.24) is 5.43 Å². The lowest BCUT2D eigenvalue weighted by Gasteiger charge is -2.01. The van der Waals surface area contributed by atoms with Crippen LogP contribution in [0.15, 0.2) is 35.4 Å². The maximum atomic E-state index is 11.5. The first-order valence-electron chi connectivity index (χ1n) is 5.58. The van der Waals surface area contributed by atoms with E-state index in [1.54, 1.807) is 0 Å². The van der Waals surface area contributed by atoms with E-state index in [2.05, 4.69) is 17.5 Å². The Morgan fingerprint density at radius 2 is 2.00 bits per heavy atom. The summed E-state index contributed by atoms with van der Waals surface area (Å²) >= 11 is 0. The van der Waals surface area contributed by atoms with Crippen LogP contribution in [0.1, 0.15) is 32.3 Å². The summed E-state index contributed by atoms with van der Waals surface area (Å²) in [6.45, 7) is 4.01. The Labute approximate surface area is 96.6 Å². The number of carbonyl (C=O) groups is 1. The first kappa shape index (κ1) is 12.4. The molecular weight excluding hydrogens is 200 g/mol. The van der Waals surface area contributed by atoms with Crippen LogP contribution in [-0.4, -0.2) is 11.6 Å². The number of rotatable bonds is 5. The van der Waals surface area contributed by atoms with Crippen LogP contribution in [0.2, 0.25) is 0 Å². The summed E-state index contributed by atoms with van der Waals surface area (Å²) < 4.78 is 0. The Bertz CT molecular complexity index is 357. The topological polar surface area (TPSA) is 41.5 Å². The molecule has 1 amide bonds. The quantitative estimate of drug-likeness (QED) is 0.599. The van der Waals surface area contributed by atoms with Gasteiger partial charge in [0.05, 0.1) is 6.42 Å². The van der Waals surface area contributed by atoms with E-state index in [1.165, 1.54) is 0 Å². The van der Waals surface area contributed by atoms with Crippen molar-refractivity contribution in [2.75, 3.05) is 0 Å². The molecule has 16 heavy (non-hydrogen) atoms. The van der Waals surface area contributed by atoms with Gasteiger partial charge in [0.2, 0.25) is 5.91 Å². The van der Waals surface area contributed by atoms with Gasteiger partial charge in [0.25, 0.3) is 0 Å². The number of benzene rings is 1. The lowest BCUT2D eigenvalue weighted by molar-refractivity contribution is -0.120. The molecule has 0 bridgehead atoms. The van der Waals surface area contributed by atoms with Crippen molar-refractivity contribution in [3.63, 3.8) is 0 Å². The van der Waals surface area contributed by atoms with Crippen molar-refractivity contribution >= 4 is 11.6 Å². The highest BCUT2D eigenvalue weighted by Gasteiger charge is 2.01. The Morgan fingerprint density at radius 1 is 1.31 bits per heavy atom. The SMILES string of the molecule is CCC/C(C)=N/NC(=O)Cc1ccccc1. The van der Waals surface area contributed by atoms with E-state index in [-0.39, 0.29) is 5.91 Å². The van der Waals surface area contributed by atoms with Crippen molar-refractivity contribution in [2.24, 2.45) is 5.10 Å². The van der Waals surface area contributed by atoms with Crippen LogP contribution < -0.4 is 5.43 Å². The van der Waals surface area contributed by atoms with Crippen molar-refractivity contribution < 1.29 is 4.79 Å². The molecule has 0 radical (unpaired) electrons. The summed E-state index contributed by atoms with van der Waals surface area (Å²) in [6, 6.07) is 9.65. The normalized spacial score (nSPS) is 11.2. The average Bonchev–Trinajstić information content (AvgIpc) is 2.28. The molecule has 0 spiro atoms. The lowest BCUT2D eigenvalue weighted by Crippen LogP contribution is -2.20. The third-order valence-electron chi connectivity index (χ3n) is 2.19. The number of hydrogen-bond donors (Lipinski definition) is 1. The predicted octanol–water partition coefficient (Wildman–Crippen LogP) is 2.52. The molecular formula is C13H18N2O. The van der Waals surface area contributed by atoms with E-state index < -0.39 is 0 Å². The molecule has 86 valence electrons. The second-order valence-corrected chi connectivity index (χ2v) is 3.79. The molecule has 1 rings (SSSR count). The molecule has 0 aliphatic heterocycles. The van der Waals surface area contributed by atoms with Crippen molar-refractivity contribution in [1.29, 1.82) is 0 Å². The highest BCUT2D eigenvalue weighted by atomic mass is 16.2. The summed E-state index contributed by atoms with van der Waals surface area (Å²) in [6.07, 6.45) is 2.35. The van der Waals surface area contributed by atoms with Gasteiger partial charge in [0, 0.05) is 5.71 Å². The molecule has 3 nitrogen and oxygen atoms in total. The van der Waals surface area contributed by atoms with Crippen LogP contribution in [0, 0.1) is 0 Å². The molecule has 1 N–H and O–H groups in total. The van der Waals surface area contributed by atoms with Crippen LogP contribution in [0.4, 0.5) is 0 Å². The van der Waals surface area contributed by atoms with Crippen LogP contribution in [0.25, 0.3) is 0 Å². The molecule has 0 aliphatic rings. The van der Waals surface area contributed by atoms with E-state index in [1.807, 2.05) is 37.3 Å². The monoisotopic (exact) mass is 218 g/mol. The highest BCUT2D eigenvalue weighted by Crippen LogP contribution is 1.99. The van der Waals surface area contributed by atoms with Gasteiger partial charge < -0.3 is 0 Å². The molecule has 0 saturated carbocycles. The minimum Gasteiger partial charge on any atom is -0.273 e. The largest absolute Gasteiger partial charge is 0.273 e. The fraction of sp³-hybridized carbons (Fsp3) is 0.385. The fourth-order valence-electron chi connectivity index (χ4n) is 1.40. The molecule has 0 saturated heterocycles. The standard InChI is InChI=1S/C13H18N2O/c1-3-7-11(2)14-15-13(16)10-12-8-5-4-6-9-12/h4-6,8-9H,3,7,10H2,1-2H3,(H,15,16)/b14-11+. The second-order valence-electron chi connectivity index (χ2n) is 3.79. The highest BCUT2D eigenvalue weighted by molar-refractivity contribution is 5.84. The second kappa shape index (κ2) is 6.77. The van der Waals surface area contributed by atoms with Crippen LogP contribution >= 0.6 is 0 Å². The third-order valence-corrected chi connectivity index (χ3v) is 2.19. The van der Waals surface area contributed by atoms with Crippen LogP contribution in [-0.2, 0) is 11.2 Å². The first-order valence-corrected chi connectivity index (χ1v) is 5.58. The molecule has 0 aliphatic carbocycles. The smallest absolute Gasteiger partial charge is 0.244 e. The van der Waals surface area contributed by atoms with Gasteiger partial charge >= 0.3 is 0 Å². The van der Waals surface area contributed by atoms with Crippen molar-refractivity contribution in [2.45, 2.75) is 33.1 Å². The molecule has 3 heteroatoms. The number of hydrogen-bond acceptors (Lipinski definition) is 2. The minimum atomic E-state index is -0.0679.